The van der Waals surface area contributed by atoms with Gasteiger partial charge in [0.25, 0.3) is 0 Å². The Hall–Kier alpha value is -2.29. The van der Waals surface area contributed by atoms with Crippen molar-refractivity contribution in [1.29, 1.82) is 0 Å². The summed E-state index contributed by atoms with van der Waals surface area (Å²) in [6, 6.07) is 8.47. The van der Waals surface area contributed by atoms with Crippen LogP contribution in [0.5, 0.6) is 11.5 Å². The van der Waals surface area contributed by atoms with Crippen LogP contribution in [0, 0.1) is 0 Å². The molecular weight excluding hydrogens is 202 g/mol. The van der Waals surface area contributed by atoms with Crippen molar-refractivity contribution in [2.45, 2.75) is 0 Å². The minimum Gasteiger partial charge on any atom is -0.504 e. The minimum absolute atomic E-state index is 0.110. The molecule has 1 aromatic carbocycles. The first-order valence-corrected chi connectivity index (χ1v) is 4.86. The van der Waals surface area contributed by atoms with Gasteiger partial charge in [-0.25, -0.2) is 0 Å². The molecule has 0 fully saturated rings. The average Bonchev–Trinajstić information content (AvgIpc) is 2.32. The topological polar surface area (TPSA) is 53.4 Å². The Balaban J connectivity index is 2.21. The fourth-order valence-electron chi connectivity index (χ4n) is 1.31. The first-order valence-electron chi connectivity index (χ1n) is 4.86. The number of hydrogen-bond donors (Lipinski definition) is 2. The maximum Gasteiger partial charge on any atom is 0.157 e. The molecule has 0 bridgehead atoms. The van der Waals surface area contributed by atoms with Crippen LogP contribution in [0.25, 0.3) is 12.2 Å². The van der Waals surface area contributed by atoms with E-state index in [0.717, 1.165) is 11.1 Å². The molecule has 16 heavy (non-hydrogen) atoms. The Labute approximate surface area is 93.3 Å². The highest BCUT2D eigenvalue weighted by molar-refractivity contribution is 5.70. The van der Waals surface area contributed by atoms with Gasteiger partial charge in [-0.2, -0.15) is 0 Å². The number of phenols is 2. The van der Waals surface area contributed by atoms with Gasteiger partial charge in [0.15, 0.2) is 11.5 Å². The third kappa shape index (κ3) is 2.39. The van der Waals surface area contributed by atoms with Gasteiger partial charge in [0.2, 0.25) is 0 Å². The van der Waals surface area contributed by atoms with Crippen molar-refractivity contribution < 1.29 is 10.2 Å². The molecule has 0 aliphatic carbocycles. The summed E-state index contributed by atoms with van der Waals surface area (Å²) in [5.74, 6) is -0.224. The van der Waals surface area contributed by atoms with Gasteiger partial charge in [-0.15, -0.1) is 0 Å². The lowest BCUT2D eigenvalue weighted by Crippen LogP contribution is -1.75. The van der Waals surface area contributed by atoms with E-state index in [1.165, 1.54) is 12.1 Å². The van der Waals surface area contributed by atoms with E-state index in [-0.39, 0.29) is 11.5 Å². The predicted octanol–water partition coefficient (Wildman–Crippen LogP) is 2.66. The molecule has 2 rings (SSSR count). The van der Waals surface area contributed by atoms with Gasteiger partial charge in [0.05, 0.1) is 0 Å². The molecule has 0 saturated heterocycles. The van der Waals surface area contributed by atoms with E-state index >= 15 is 0 Å². The number of nitrogens with zero attached hydrogens (tertiary/aromatic N) is 1. The van der Waals surface area contributed by atoms with Crippen molar-refractivity contribution in [2.24, 2.45) is 0 Å². The van der Waals surface area contributed by atoms with Crippen molar-refractivity contribution >= 4 is 12.2 Å². The largest absolute Gasteiger partial charge is 0.504 e. The maximum atomic E-state index is 9.30. The van der Waals surface area contributed by atoms with E-state index in [2.05, 4.69) is 4.98 Å². The second kappa shape index (κ2) is 4.49. The summed E-state index contributed by atoms with van der Waals surface area (Å²) in [6.45, 7) is 0. The van der Waals surface area contributed by atoms with E-state index < -0.39 is 0 Å². The summed E-state index contributed by atoms with van der Waals surface area (Å²) in [5.41, 5.74) is 1.86. The fourth-order valence-corrected chi connectivity index (χ4v) is 1.31. The zero-order valence-corrected chi connectivity index (χ0v) is 8.54. The molecule has 0 spiro atoms. The smallest absolute Gasteiger partial charge is 0.157 e. The highest BCUT2D eigenvalue weighted by Gasteiger charge is 1.97. The zero-order valence-electron chi connectivity index (χ0n) is 8.54. The highest BCUT2D eigenvalue weighted by Crippen LogP contribution is 2.25. The minimum atomic E-state index is -0.114. The van der Waals surface area contributed by atoms with Crippen LogP contribution in [0.4, 0.5) is 0 Å². The molecular formula is C13H11NO2. The first-order chi connectivity index (χ1) is 7.75. The number of hydrogen-bond acceptors (Lipinski definition) is 3. The summed E-state index contributed by atoms with van der Waals surface area (Å²) >= 11 is 0. The van der Waals surface area contributed by atoms with Crippen molar-refractivity contribution in [2.75, 3.05) is 0 Å². The van der Waals surface area contributed by atoms with Crippen molar-refractivity contribution in [3.8, 4) is 11.5 Å². The molecule has 0 aliphatic heterocycles. The quantitative estimate of drug-likeness (QED) is 0.754. The second-order valence-corrected chi connectivity index (χ2v) is 3.36. The fraction of sp³-hybridized carbons (Fsp3) is 0. The summed E-state index contributed by atoms with van der Waals surface area (Å²) in [4.78, 5) is 3.92. The molecule has 3 nitrogen and oxygen atoms in total. The zero-order chi connectivity index (χ0) is 11.4. The van der Waals surface area contributed by atoms with Crippen LogP contribution in [0.1, 0.15) is 11.1 Å². The third-order valence-electron chi connectivity index (χ3n) is 2.17. The van der Waals surface area contributed by atoms with Crippen molar-refractivity contribution in [3.63, 3.8) is 0 Å². The Bertz CT molecular complexity index is 507. The van der Waals surface area contributed by atoms with E-state index in [1.54, 1.807) is 18.5 Å². The Morgan fingerprint density at radius 1 is 0.812 bits per heavy atom. The molecule has 0 unspecified atom stereocenters. The number of benzene rings is 1. The van der Waals surface area contributed by atoms with Crippen LogP contribution in [-0.4, -0.2) is 15.2 Å². The molecule has 2 aromatic rings. The SMILES string of the molecule is Oc1ccc(C=Cc2ccncc2)cc1O. The molecule has 80 valence electrons. The molecule has 0 aliphatic rings. The van der Waals surface area contributed by atoms with E-state index in [1.807, 2.05) is 24.3 Å². The summed E-state index contributed by atoms with van der Waals surface area (Å²) < 4.78 is 0. The van der Waals surface area contributed by atoms with Gasteiger partial charge in [-0.3, -0.25) is 4.98 Å². The Kier molecular flexibility index (Phi) is 2.87. The van der Waals surface area contributed by atoms with Crippen LogP contribution >= 0.6 is 0 Å². The molecule has 0 saturated carbocycles. The average molecular weight is 213 g/mol. The van der Waals surface area contributed by atoms with E-state index in [4.69, 9.17) is 5.11 Å². The summed E-state index contributed by atoms with van der Waals surface area (Å²) in [6.07, 6.45) is 7.20. The van der Waals surface area contributed by atoms with Crippen LogP contribution in [0.15, 0.2) is 42.7 Å². The van der Waals surface area contributed by atoms with E-state index in [0.29, 0.717) is 0 Å². The van der Waals surface area contributed by atoms with Crippen LogP contribution in [0.3, 0.4) is 0 Å². The number of rotatable bonds is 2. The molecule has 1 aromatic heterocycles. The standard InChI is InChI=1S/C13H11NO2/c15-12-4-3-11(9-13(12)16)2-1-10-5-7-14-8-6-10/h1-9,15-16H. The monoisotopic (exact) mass is 213 g/mol. The third-order valence-corrected chi connectivity index (χ3v) is 2.17. The lowest BCUT2D eigenvalue weighted by molar-refractivity contribution is 0.403. The Morgan fingerprint density at radius 2 is 1.50 bits per heavy atom. The predicted molar refractivity (Wildman–Crippen MR) is 62.9 cm³/mol. The highest BCUT2D eigenvalue weighted by atomic mass is 16.3. The van der Waals surface area contributed by atoms with Crippen LogP contribution < -0.4 is 0 Å². The van der Waals surface area contributed by atoms with Gasteiger partial charge >= 0.3 is 0 Å². The maximum absolute atomic E-state index is 9.30. The lowest BCUT2D eigenvalue weighted by Gasteiger charge is -1.98. The van der Waals surface area contributed by atoms with Gasteiger partial charge in [-0.05, 0) is 35.4 Å². The molecule has 2 N–H and O–H groups in total. The van der Waals surface area contributed by atoms with Gasteiger partial charge in [0.1, 0.15) is 0 Å². The Morgan fingerprint density at radius 3 is 2.19 bits per heavy atom. The van der Waals surface area contributed by atoms with Gasteiger partial charge in [-0.1, -0.05) is 18.2 Å². The van der Waals surface area contributed by atoms with Gasteiger partial charge < -0.3 is 10.2 Å². The number of phenolic OH excluding ortho intramolecular Hbond substituents is 2. The summed E-state index contributed by atoms with van der Waals surface area (Å²) in [5, 5.41) is 18.5. The van der Waals surface area contributed by atoms with Crippen LogP contribution in [0.2, 0.25) is 0 Å². The molecule has 0 atom stereocenters. The number of aromatic hydroxyl groups is 2. The molecule has 1 heterocycles. The second-order valence-electron chi connectivity index (χ2n) is 3.36. The first kappa shape index (κ1) is 10.2. The molecule has 3 heteroatoms. The molecule has 0 amide bonds. The van der Waals surface area contributed by atoms with Crippen molar-refractivity contribution in [1.82, 2.24) is 4.98 Å². The number of aromatic nitrogens is 1. The van der Waals surface area contributed by atoms with Crippen molar-refractivity contribution in [3.05, 3.63) is 53.9 Å². The van der Waals surface area contributed by atoms with Gasteiger partial charge in [0, 0.05) is 12.4 Å². The molecule has 0 radical (unpaired) electrons. The normalized spacial score (nSPS) is 10.8. The van der Waals surface area contributed by atoms with E-state index in [9.17, 15) is 5.11 Å². The lowest BCUT2D eigenvalue weighted by atomic mass is 10.1. The number of pyridine rings is 1. The summed E-state index contributed by atoms with van der Waals surface area (Å²) in [7, 11) is 0. The van der Waals surface area contributed by atoms with Crippen LogP contribution in [-0.2, 0) is 0 Å².